The van der Waals surface area contributed by atoms with Gasteiger partial charge >= 0.3 is 0 Å². The molecule has 0 aliphatic heterocycles. The topological polar surface area (TPSA) is 49.4 Å². The van der Waals surface area contributed by atoms with E-state index in [0.717, 1.165) is 23.1 Å². The van der Waals surface area contributed by atoms with Gasteiger partial charge in [-0.3, -0.25) is 9.59 Å². The third kappa shape index (κ3) is 6.75. The molecule has 0 bridgehead atoms. The fourth-order valence-corrected chi connectivity index (χ4v) is 3.50. The van der Waals surface area contributed by atoms with E-state index in [1.54, 1.807) is 17.0 Å². The van der Waals surface area contributed by atoms with Crippen LogP contribution in [0.5, 0.6) is 0 Å². The van der Waals surface area contributed by atoms with Crippen molar-refractivity contribution in [2.24, 2.45) is 0 Å². The number of hydrogen-bond donors (Lipinski definition) is 1. The zero-order chi connectivity index (χ0) is 22.3. The predicted octanol–water partition coefficient (Wildman–Crippen LogP) is 5.57. The molecule has 2 aromatic carbocycles. The van der Waals surface area contributed by atoms with E-state index < -0.39 is 6.04 Å². The Morgan fingerprint density at radius 3 is 2.17 bits per heavy atom. The lowest BCUT2D eigenvalue weighted by atomic mass is 10.1. The number of amides is 2. The van der Waals surface area contributed by atoms with Gasteiger partial charge in [-0.05, 0) is 49.9 Å². The summed E-state index contributed by atoms with van der Waals surface area (Å²) in [4.78, 5) is 27.9. The number of benzene rings is 2. The molecule has 2 rings (SSSR count). The molecule has 0 heterocycles. The predicted molar refractivity (Wildman–Crippen MR) is 124 cm³/mol. The molecule has 6 heteroatoms. The van der Waals surface area contributed by atoms with Crippen molar-refractivity contribution in [1.82, 2.24) is 10.2 Å². The number of carbonyl (C=O) groups is 2. The first-order chi connectivity index (χ1) is 14.2. The molecular formula is C24H30Cl2N2O2. The summed E-state index contributed by atoms with van der Waals surface area (Å²) in [6, 6.07) is 12.6. The van der Waals surface area contributed by atoms with E-state index in [4.69, 9.17) is 23.2 Å². The van der Waals surface area contributed by atoms with Crippen molar-refractivity contribution in [3.63, 3.8) is 0 Å². The lowest BCUT2D eigenvalue weighted by molar-refractivity contribution is -0.141. The Hall–Kier alpha value is -2.04. The first-order valence-electron chi connectivity index (χ1n) is 10.3. The minimum Gasteiger partial charge on any atom is -0.352 e. The summed E-state index contributed by atoms with van der Waals surface area (Å²) in [5.74, 6) is -0.236. The Morgan fingerprint density at radius 2 is 1.60 bits per heavy atom. The van der Waals surface area contributed by atoms with Crippen LogP contribution in [-0.2, 0) is 22.6 Å². The van der Waals surface area contributed by atoms with Gasteiger partial charge in [0.2, 0.25) is 11.8 Å². The van der Waals surface area contributed by atoms with Gasteiger partial charge in [-0.1, -0.05) is 72.9 Å². The van der Waals surface area contributed by atoms with Gasteiger partial charge in [0.15, 0.2) is 0 Å². The number of carbonyl (C=O) groups excluding carboxylic acids is 2. The summed E-state index contributed by atoms with van der Waals surface area (Å²) in [6.45, 7) is 8.19. The lowest BCUT2D eigenvalue weighted by Crippen LogP contribution is -2.51. The van der Waals surface area contributed by atoms with Crippen molar-refractivity contribution in [3.8, 4) is 0 Å². The fourth-order valence-electron chi connectivity index (χ4n) is 3.18. The Bertz CT molecular complexity index is 868. The largest absolute Gasteiger partial charge is 0.352 e. The minimum atomic E-state index is -0.564. The zero-order valence-electron chi connectivity index (χ0n) is 18.0. The Balaban J connectivity index is 2.31. The summed E-state index contributed by atoms with van der Waals surface area (Å²) in [7, 11) is 0. The van der Waals surface area contributed by atoms with Gasteiger partial charge < -0.3 is 10.2 Å². The first-order valence-corrected chi connectivity index (χ1v) is 11.1. The summed E-state index contributed by atoms with van der Waals surface area (Å²) in [5.41, 5.74) is 2.89. The van der Waals surface area contributed by atoms with E-state index in [1.807, 2.05) is 58.0 Å². The van der Waals surface area contributed by atoms with Crippen molar-refractivity contribution in [2.75, 3.05) is 0 Å². The number of hydrogen-bond acceptors (Lipinski definition) is 2. The maximum atomic E-state index is 13.3. The Morgan fingerprint density at radius 1 is 0.967 bits per heavy atom. The van der Waals surface area contributed by atoms with Crippen LogP contribution >= 0.6 is 23.2 Å². The molecule has 162 valence electrons. The highest BCUT2D eigenvalue weighted by Crippen LogP contribution is 2.24. The Kier molecular flexibility index (Phi) is 9.19. The van der Waals surface area contributed by atoms with Crippen molar-refractivity contribution < 1.29 is 9.59 Å². The molecule has 0 aromatic heterocycles. The summed E-state index contributed by atoms with van der Waals surface area (Å²) in [5, 5.41) is 3.90. The van der Waals surface area contributed by atoms with Crippen LogP contribution < -0.4 is 5.32 Å². The first kappa shape index (κ1) is 24.2. The highest BCUT2D eigenvalue weighted by molar-refractivity contribution is 6.42. The number of nitrogens with zero attached hydrogens (tertiary/aromatic N) is 1. The number of aryl methyl sites for hydroxylation is 1. The van der Waals surface area contributed by atoms with Gasteiger partial charge in [0.25, 0.3) is 0 Å². The second kappa shape index (κ2) is 11.4. The maximum absolute atomic E-state index is 13.3. The molecular weight excluding hydrogens is 419 g/mol. The van der Waals surface area contributed by atoms with Crippen LogP contribution in [-0.4, -0.2) is 28.8 Å². The molecule has 0 saturated heterocycles. The molecule has 0 unspecified atom stereocenters. The molecule has 4 nitrogen and oxygen atoms in total. The van der Waals surface area contributed by atoms with E-state index in [-0.39, 0.29) is 30.8 Å². The molecule has 0 spiro atoms. The maximum Gasteiger partial charge on any atom is 0.243 e. The van der Waals surface area contributed by atoms with Crippen LogP contribution in [0.25, 0.3) is 0 Å². The smallest absolute Gasteiger partial charge is 0.243 e. The van der Waals surface area contributed by atoms with Crippen LogP contribution in [0.2, 0.25) is 10.0 Å². The third-order valence-electron chi connectivity index (χ3n) is 5.20. The van der Waals surface area contributed by atoms with Gasteiger partial charge in [-0.25, -0.2) is 0 Å². The van der Waals surface area contributed by atoms with Crippen molar-refractivity contribution >= 4 is 35.0 Å². The monoisotopic (exact) mass is 448 g/mol. The van der Waals surface area contributed by atoms with E-state index >= 15 is 0 Å². The average molecular weight is 449 g/mol. The SMILES string of the molecule is CC[C@@H](C)NC(=O)[C@H](CC)N(Cc1ccc(Cl)c(Cl)c1)C(=O)Cc1ccc(C)cc1. The molecule has 0 aliphatic rings. The van der Waals surface area contributed by atoms with E-state index in [0.29, 0.717) is 16.5 Å². The normalized spacial score (nSPS) is 12.9. The number of nitrogens with one attached hydrogen (secondary N) is 1. The highest BCUT2D eigenvalue weighted by atomic mass is 35.5. The van der Waals surface area contributed by atoms with Gasteiger partial charge in [0, 0.05) is 12.6 Å². The van der Waals surface area contributed by atoms with Gasteiger partial charge in [-0.2, -0.15) is 0 Å². The third-order valence-corrected chi connectivity index (χ3v) is 5.94. The molecule has 2 amide bonds. The zero-order valence-corrected chi connectivity index (χ0v) is 19.6. The van der Waals surface area contributed by atoms with Gasteiger partial charge in [0.1, 0.15) is 6.04 Å². The fraction of sp³-hybridized carbons (Fsp3) is 0.417. The van der Waals surface area contributed by atoms with Crippen LogP contribution in [0.1, 0.15) is 50.3 Å². The van der Waals surface area contributed by atoms with Crippen molar-refractivity contribution in [3.05, 3.63) is 69.2 Å². The molecule has 1 N–H and O–H groups in total. The second-order valence-electron chi connectivity index (χ2n) is 7.67. The molecule has 0 aliphatic carbocycles. The van der Waals surface area contributed by atoms with E-state index in [1.165, 1.54) is 0 Å². The summed E-state index contributed by atoms with van der Waals surface area (Å²) < 4.78 is 0. The standard InChI is InChI=1S/C24H30Cl2N2O2/c1-5-17(4)27-24(30)22(6-2)28(15-19-11-12-20(25)21(26)13-19)23(29)14-18-9-7-16(3)8-10-18/h7-13,17,22H,5-6,14-15H2,1-4H3,(H,27,30)/t17-,22+/m1/s1. The molecule has 0 radical (unpaired) electrons. The van der Waals surface area contributed by atoms with Crippen LogP contribution in [0.4, 0.5) is 0 Å². The number of rotatable bonds is 9. The van der Waals surface area contributed by atoms with Gasteiger partial charge in [0.05, 0.1) is 16.5 Å². The van der Waals surface area contributed by atoms with Crippen LogP contribution in [0.3, 0.4) is 0 Å². The quantitative estimate of drug-likeness (QED) is 0.545. The minimum absolute atomic E-state index is 0.0468. The van der Waals surface area contributed by atoms with Gasteiger partial charge in [-0.15, -0.1) is 0 Å². The van der Waals surface area contributed by atoms with Crippen LogP contribution in [0, 0.1) is 6.92 Å². The van der Waals surface area contributed by atoms with Crippen molar-refractivity contribution in [1.29, 1.82) is 0 Å². The summed E-state index contributed by atoms with van der Waals surface area (Å²) in [6.07, 6.45) is 1.57. The molecule has 0 saturated carbocycles. The molecule has 0 fully saturated rings. The van der Waals surface area contributed by atoms with Crippen LogP contribution in [0.15, 0.2) is 42.5 Å². The Labute approximate surface area is 189 Å². The van der Waals surface area contributed by atoms with E-state index in [9.17, 15) is 9.59 Å². The lowest BCUT2D eigenvalue weighted by Gasteiger charge is -2.31. The average Bonchev–Trinajstić information content (AvgIpc) is 2.72. The van der Waals surface area contributed by atoms with Crippen molar-refractivity contribution in [2.45, 2.75) is 65.6 Å². The van der Waals surface area contributed by atoms with E-state index in [2.05, 4.69) is 5.32 Å². The molecule has 2 atom stereocenters. The number of halogens is 2. The second-order valence-corrected chi connectivity index (χ2v) is 8.49. The summed E-state index contributed by atoms with van der Waals surface area (Å²) >= 11 is 12.2. The highest BCUT2D eigenvalue weighted by Gasteiger charge is 2.29. The molecule has 2 aromatic rings. The molecule has 30 heavy (non-hydrogen) atoms.